The molecule has 1 heterocycles. The third-order valence-corrected chi connectivity index (χ3v) is 9.16. The third-order valence-electron chi connectivity index (χ3n) is 9.16. The molecule has 1 aromatic carbocycles. The average Bonchev–Trinajstić information content (AvgIpc) is 3.10. The van der Waals surface area contributed by atoms with Crippen molar-refractivity contribution in [1.29, 1.82) is 0 Å². The first-order chi connectivity index (χ1) is 20.8. The Hall–Kier alpha value is -3.55. The normalized spacial score (nSPS) is 36.3. The van der Waals surface area contributed by atoms with Crippen molar-refractivity contribution in [2.75, 3.05) is 6.61 Å². The summed E-state index contributed by atoms with van der Waals surface area (Å²) in [6.07, 6.45) is -8.33. The highest BCUT2D eigenvalue weighted by atomic mass is 16.6. The summed E-state index contributed by atoms with van der Waals surface area (Å²) in [6.45, 7) is 10.3. The van der Waals surface area contributed by atoms with Crippen LogP contribution < -0.4 is 0 Å². The summed E-state index contributed by atoms with van der Waals surface area (Å²) in [7, 11) is 0. The molecule has 45 heavy (non-hydrogen) atoms. The van der Waals surface area contributed by atoms with Crippen molar-refractivity contribution in [3.05, 3.63) is 35.9 Å². The Balaban J connectivity index is 2.12. The van der Waals surface area contributed by atoms with Crippen LogP contribution in [0.2, 0.25) is 0 Å². The summed E-state index contributed by atoms with van der Waals surface area (Å²) >= 11 is 0. The fourth-order valence-electron chi connectivity index (χ4n) is 7.66. The fraction of sp³-hybridized carbons (Fsp3) is 0.656. The number of aliphatic hydroxyl groups excluding tert-OH is 1. The molecule has 13 heteroatoms. The highest BCUT2D eigenvalue weighted by Gasteiger charge is 2.88. The van der Waals surface area contributed by atoms with Gasteiger partial charge in [-0.3, -0.25) is 19.2 Å². The standard InChI is InChI=1S/C32H42O13/c1-16(2)27(37)40-15-31-25(43-19(5)35)21(41-17(3)33)14-30(8,39)32(31)24(36)22(29(6,7)45-32)23(42-18(4)34)26(31)44-28(38)20-12-10-9-11-13-20/h9-13,16,21-26,36,39H,14-15H2,1-8H3/t21-,22+,23-,24?,25-,26+,30-,31-,32-/m0/s1. The molecular weight excluding hydrogens is 592 g/mol. The number of carbonyl (C=O) groups excluding carboxylic acids is 5. The first kappa shape index (κ1) is 34.3. The smallest absolute Gasteiger partial charge is 0.338 e. The molecule has 0 radical (unpaired) electrons. The molecule has 1 aromatic rings. The molecule has 1 spiro atoms. The fourth-order valence-corrected chi connectivity index (χ4v) is 7.66. The monoisotopic (exact) mass is 634 g/mol. The van der Waals surface area contributed by atoms with E-state index in [1.807, 2.05) is 0 Å². The number of hydrogen-bond acceptors (Lipinski definition) is 13. The molecule has 1 saturated heterocycles. The van der Waals surface area contributed by atoms with Crippen LogP contribution in [0.5, 0.6) is 0 Å². The van der Waals surface area contributed by atoms with Gasteiger partial charge in [0.1, 0.15) is 29.8 Å². The van der Waals surface area contributed by atoms with Crippen LogP contribution >= 0.6 is 0 Å². The maximum atomic E-state index is 13.8. The van der Waals surface area contributed by atoms with E-state index in [4.69, 9.17) is 28.4 Å². The highest BCUT2D eigenvalue weighted by Crippen LogP contribution is 2.69. The van der Waals surface area contributed by atoms with Crippen LogP contribution in [0.15, 0.2) is 30.3 Å². The minimum atomic E-state index is -2.22. The lowest BCUT2D eigenvalue weighted by Crippen LogP contribution is -2.85. The van der Waals surface area contributed by atoms with Crippen molar-refractivity contribution in [3.8, 4) is 0 Å². The summed E-state index contributed by atoms with van der Waals surface area (Å²) in [6, 6.07) is 7.86. The van der Waals surface area contributed by atoms with Gasteiger partial charge < -0.3 is 38.6 Å². The van der Waals surface area contributed by atoms with Crippen molar-refractivity contribution in [2.24, 2.45) is 17.3 Å². The van der Waals surface area contributed by atoms with Crippen LogP contribution in [0.25, 0.3) is 0 Å². The van der Waals surface area contributed by atoms with Crippen molar-refractivity contribution in [1.82, 2.24) is 0 Å². The van der Waals surface area contributed by atoms with Gasteiger partial charge in [0, 0.05) is 27.2 Å². The Bertz CT molecular complexity index is 1340. The van der Waals surface area contributed by atoms with Gasteiger partial charge in [-0.25, -0.2) is 4.79 Å². The molecule has 0 amide bonds. The van der Waals surface area contributed by atoms with E-state index in [2.05, 4.69) is 0 Å². The largest absolute Gasteiger partial charge is 0.464 e. The van der Waals surface area contributed by atoms with Crippen LogP contribution in [0.3, 0.4) is 0 Å². The quantitative estimate of drug-likeness (QED) is 0.313. The molecule has 2 aliphatic carbocycles. The van der Waals surface area contributed by atoms with E-state index < -0.39 is 107 Å². The van der Waals surface area contributed by atoms with E-state index in [1.165, 1.54) is 19.1 Å². The van der Waals surface area contributed by atoms with E-state index in [-0.39, 0.29) is 5.56 Å². The van der Waals surface area contributed by atoms with Crippen LogP contribution in [-0.2, 0) is 47.6 Å². The van der Waals surface area contributed by atoms with Gasteiger partial charge in [0.15, 0.2) is 12.2 Å². The predicted molar refractivity (Wildman–Crippen MR) is 153 cm³/mol. The molecule has 3 aliphatic rings. The average molecular weight is 635 g/mol. The van der Waals surface area contributed by atoms with E-state index in [9.17, 15) is 34.2 Å². The van der Waals surface area contributed by atoms with E-state index in [0.717, 1.165) is 20.8 Å². The maximum absolute atomic E-state index is 13.8. The van der Waals surface area contributed by atoms with Crippen molar-refractivity contribution in [3.63, 3.8) is 0 Å². The van der Waals surface area contributed by atoms with Crippen molar-refractivity contribution in [2.45, 2.75) is 109 Å². The second kappa shape index (κ2) is 12.0. The van der Waals surface area contributed by atoms with Gasteiger partial charge in [0.25, 0.3) is 0 Å². The number of esters is 5. The summed E-state index contributed by atoms with van der Waals surface area (Å²) in [4.78, 5) is 64.6. The maximum Gasteiger partial charge on any atom is 0.338 e. The molecule has 1 unspecified atom stereocenters. The van der Waals surface area contributed by atoms with Gasteiger partial charge in [0.05, 0.1) is 34.7 Å². The Morgan fingerprint density at radius 2 is 1.47 bits per heavy atom. The molecule has 1 aliphatic heterocycles. The molecule has 2 bridgehead atoms. The molecule has 3 fully saturated rings. The molecule has 2 N–H and O–H groups in total. The van der Waals surface area contributed by atoms with Crippen molar-refractivity contribution < 1.29 is 62.6 Å². The molecule has 248 valence electrons. The second-order valence-electron chi connectivity index (χ2n) is 13.1. The van der Waals surface area contributed by atoms with E-state index >= 15 is 0 Å². The zero-order chi connectivity index (χ0) is 33.7. The number of hydrogen-bond donors (Lipinski definition) is 2. The SMILES string of the molecule is CC(=O)O[C@@H]1[C@@H](OC(=O)c2ccccc2)[C@]2(COC(=O)C(C)C)[C@@H](OC(C)=O)[C@@H](OC(C)=O)C[C@](C)(O)[C@]23OC(C)(C)[C@H]1C3O. The number of rotatable bonds is 8. The van der Waals surface area contributed by atoms with Gasteiger partial charge in [-0.1, -0.05) is 32.0 Å². The summed E-state index contributed by atoms with van der Waals surface area (Å²) in [5.74, 6) is -5.86. The number of aliphatic hydroxyl groups is 2. The molecular formula is C32H42O13. The first-order valence-corrected chi connectivity index (χ1v) is 14.9. The molecule has 9 atom stereocenters. The van der Waals surface area contributed by atoms with Gasteiger partial charge in [-0.15, -0.1) is 0 Å². The van der Waals surface area contributed by atoms with E-state index in [0.29, 0.717) is 0 Å². The lowest BCUT2D eigenvalue weighted by molar-refractivity contribution is -0.363. The summed E-state index contributed by atoms with van der Waals surface area (Å²) in [5.41, 5.74) is -7.82. The topological polar surface area (TPSA) is 181 Å². The van der Waals surface area contributed by atoms with Gasteiger partial charge >= 0.3 is 29.8 Å². The Kier molecular flexibility index (Phi) is 9.15. The number of carbonyl (C=O) groups is 5. The second-order valence-corrected chi connectivity index (χ2v) is 13.1. The van der Waals surface area contributed by atoms with Crippen LogP contribution in [0.4, 0.5) is 0 Å². The van der Waals surface area contributed by atoms with Gasteiger partial charge in [-0.05, 0) is 32.9 Å². The lowest BCUT2D eigenvalue weighted by atomic mass is 9.45. The number of benzene rings is 1. The van der Waals surface area contributed by atoms with Crippen LogP contribution in [0, 0.1) is 17.3 Å². The molecule has 13 nitrogen and oxygen atoms in total. The van der Waals surface area contributed by atoms with Crippen LogP contribution in [-0.4, -0.2) is 94.0 Å². The molecule has 2 saturated carbocycles. The molecule has 4 rings (SSSR count). The summed E-state index contributed by atoms with van der Waals surface area (Å²) < 4.78 is 35.9. The zero-order valence-corrected chi connectivity index (χ0v) is 26.7. The van der Waals surface area contributed by atoms with Gasteiger partial charge in [-0.2, -0.15) is 0 Å². The molecule has 0 aromatic heterocycles. The minimum absolute atomic E-state index is 0.101. The highest BCUT2D eigenvalue weighted by molar-refractivity contribution is 5.89. The Morgan fingerprint density at radius 1 is 0.889 bits per heavy atom. The number of ether oxygens (including phenoxy) is 6. The predicted octanol–water partition coefficient (Wildman–Crippen LogP) is 1.89. The van der Waals surface area contributed by atoms with E-state index in [1.54, 1.807) is 45.9 Å². The van der Waals surface area contributed by atoms with Gasteiger partial charge in [0.2, 0.25) is 0 Å². The zero-order valence-electron chi connectivity index (χ0n) is 26.7. The summed E-state index contributed by atoms with van der Waals surface area (Å²) in [5, 5.41) is 24.6. The van der Waals surface area contributed by atoms with Crippen molar-refractivity contribution >= 4 is 29.8 Å². The number of fused-ring (bicyclic) bond motifs is 1. The minimum Gasteiger partial charge on any atom is -0.464 e. The Labute approximate surface area is 261 Å². The first-order valence-electron chi connectivity index (χ1n) is 14.9. The third kappa shape index (κ3) is 5.59. The van der Waals surface area contributed by atoms with Crippen LogP contribution in [0.1, 0.15) is 72.2 Å². The Morgan fingerprint density at radius 3 is 2.00 bits per heavy atom. The lowest BCUT2D eigenvalue weighted by Gasteiger charge is -2.66.